The Bertz CT molecular complexity index is 586. The van der Waals surface area contributed by atoms with Gasteiger partial charge in [0.15, 0.2) is 0 Å². The molecule has 1 unspecified atom stereocenters. The molecule has 1 atom stereocenters. The SMILES string of the molecule is CCCC(CNS(=O)(=O)c1cc(Cl)ccc1C)C(=O)O. The Labute approximate surface area is 124 Å². The molecule has 0 bridgehead atoms. The normalized spacial score (nSPS) is 13.2. The Kier molecular flexibility index (Phi) is 5.98. The molecule has 1 rings (SSSR count). The highest BCUT2D eigenvalue weighted by Crippen LogP contribution is 2.20. The van der Waals surface area contributed by atoms with E-state index < -0.39 is 21.9 Å². The van der Waals surface area contributed by atoms with Crippen LogP contribution < -0.4 is 4.72 Å². The van der Waals surface area contributed by atoms with Crippen molar-refractivity contribution in [2.24, 2.45) is 5.92 Å². The van der Waals surface area contributed by atoms with Gasteiger partial charge in [-0.3, -0.25) is 4.79 Å². The van der Waals surface area contributed by atoms with Gasteiger partial charge in [-0.2, -0.15) is 0 Å². The van der Waals surface area contributed by atoms with Crippen LogP contribution >= 0.6 is 11.6 Å². The van der Waals surface area contributed by atoms with E-state index in [2.05, 4.69) is 4.72 Å². The van der Waals surface area contributed by atoms with Crippen molar-refractivity contribution in [2.75, 3.05) is 6.54 Å². The van der Waals surface area contributed by atoms with Gasteiger partial charge in [0.05, 0.1) is 10.8 Å². The molecular formula is C13H18ClNO4S. The standard InChI is InChI=1S/C13H18ClNO4S/c1-3-4-10(13(16)17)8-15-20(18,19)12-7-11(14)6-5-9(12)2/h5-7,10,15H,3-4,8H2,1-2H3,(H,16,17). The third-order valence-corrected chi connectivity index (χ3v) is 4.75. The van der Waals surface area contributed by atoms with Crippen molar-refractivity contribution in [3.63, 3.8) is 0 Å². The van der Waals surface area contributed by atoms with Crippen molar-refractivity contribution >= 4 is 27.6 Å². The van der Waals surface area contributed by atoms with Crippen LogP contribution in [0.2, 0.25) is 5.02 Å². The van der Waals surface area contributed by atoms with Crippen LogP contribution in [0.15, 0.2) is 23.1 Å². The number of aliphatic carboxylic acids is 1. The predicted molar refractivity (Wildman–Crippen MR) is 77.4 cm³/mol. The fraction of sp³-hybridized carbons (Fsp3) is 0.462. The molecule has 0 saturated carbocycles. The summed E-state index contributed by atoms with van der Waals surface area (Å²) in [5.41, 5.74) is 0.560. The summed E-state index contributed by atoms with van der Waals surface area (Å²) in [7, 11) is -3.76. The predicted octanol–water partition coefficient (Wildman–Crippen LogP) is 2.43. The van der Waals surface area contributed by atoms with Crippen LogP contribution in [0.3, 0.4) is 0 Å². The van der Waals surface area contributed by atoms with E-state index in [-0.39, 0.29) is 11.4 Å². The number of nitrogens with one attached hydrogen (secondary N) is 1. The minimum absolute atomic E-state index is 0.0747. The maximum absolute atomic E-state index is 12.2. The Balaban J connectivity index is 2.89. The minimum atomic E-state index is -3.76. The Morgan fingerprint density at radius 3 is 2.65 bits per heavy atom. The number of carboxylic acid groups (broad SMARTS) is 1. The lowest BCUT2D eigenvalue weighted by Gasteiger charge is -2.14. The van der Waals surface area contributed by atoms with Crippen molar-refractivity contribution in [3.8, 4) is 0 Å². The highest BCUT2D eigenvalue weighted by Gasteiger charge is 2.22. The van der Waals surface area contributed by atoms with Crippen molar-refractivity contribution in [2.45, 2.75) is 31.6 Å². The molecule has 112 valence electrons. The lowest BCUT2D eigenvalue weighted by Crippen LogP contribution is -2.33. The molecule has 7 heteroatoms. The highest BCUT2D eigenvalue weighted by molar-refractivity contribution is 7.89. The number of hydrogen-bond donors (Lipinski definition) is 2. The average molecular weight is 320 g/mol. The number of carbonyl (C=O) groups is 1. The van der Waals surface area contributed by atoms with E-state index in [1.165, 1.54) is 6.07 Å². The molecule has 0 aliphatic carbocycles. The maximum Gasteiger partial charge on any atom is 0.307 e. The van der Waals surface area contributed by atoms with Crippen LogP contribution in [0.1, 0.15) is 25.3 Å². The molecule has 20 heavy (non-hydrogen) atoms. The van der Waals surface area contributed by atoms with Gasteiger partial charge in [0.1, 0.15) is 0 Å². The minimum Gasteiger partial charge on any atom is -0.481 e. The van der Waals surface area contributed by atoms with Crippen molar-refractivity contribution in [1.82, 2.24) is 4.72 Å². The van der Waals surface area contributed by atoms with Gasteiger partial charge in [-0.1, -0.05) is 31.0 Å². The van der Waals surface area contributed by atoms with Crippen LogP contribution in [0, 0.1) is 12.8 Å². The summed E-state index contributed by atoms with van der Waals surface area (Å²) in [4.78, 5) is 11.1. The molecule has 0 aliphatic heterocycles. The zero-order chi connectivity index (χ0) is 15.3. The van der Waals surface area contributed by atoms with Gasteiger partial charge >= 0.3 is 5.97 Å². The van der Waals surface area contributed by atoms with Gasteiger partial charge in [-0.05, 0) is 31.0 Å². The summed E-state index contributed by atoms with van der Waals surface area (Å²) in [5, 5.41) is 9.33. The molecule has 0 spiro atoms. The van der Waals surface area contributed by atoms with Crippen LogP contribution in [-0.2, 0) is 14.8 Å². The van der Waals surface area contributed by atoms with E-state index in [1.54, 1.807) is 19.1 Å². The first-order chi connectivity index (χ1) is 9.27. The third-order valence-electron chi connectivity index (χ3n) is 2.95. The second kappa shape index (κ2) is 7.06. The topological polar surface area (TPSA) is 83.5 Å². The fourth-order valence-electron chi connectivity index (χ4n) is 1.81. The Hall–Kier alpha value is -1.11. The van der Waals surface area contributed by atoms with E-state index in [9.17, 15) is 13.2 Å². The molecule has 2 N–H and O–H groups in total. The van der Waals surface area contributed by atoms with E-state index in [4.69, 9.17) is 16.7 Å². The van der Waals surface area contributed by atoms with Crippen LogP contribution in [0.25, 0.3) is 0 Å². The highest BCUT2D eigenvalue weighted by atomic mass is 35.5. The van der Waals surface area contributed by atoms with Gasteiger partial charge in [0.2, 0.25) is 10.0 Å². The van der Waals surface area contributed by atoms with Gasteiger partial charge in [0, 0.05) is 11.6 Å². The summed E-state index contributed by atoms with van der Waals surface area (Å²) >= 11 is 5.80. The quantitative estimate of drug-likeness (QED) is 0.808. The molecule has 1 aromatic rings. The zero-order valence-electron chi connectivity index (χ0n) is 11.4. The van der Waals surface area contributed by atoms with E-state index in [0.29, 0.717) is 23.4 Å². The number of rotatable bonds is 7. The average Bonchev–Trinajstić information content (AvgIpc) is 2.37. The monoisotopic (exact) mass is 319 g/mol. The molecule has 0 heterocycles. The molecule has 0 aromatic heterocycles. The molecule has 0 aliphatic rings. The summed E-state index contributed by atoms with van der Waals surface area (Å²) in [5.74, 6) is -1.73. The van der Waals surface area contributed by atoms with Gasteiger partial charge < -0.3 is 5.11 Å². The molecular weight excluding hydrogens is 302 g/mol. The molecule has 1 aromatic carbocycles. The Morgan fingerprint density at radius 2 is 2.10 bits per heavy atom. The van der Waals surface area contributed by atoms with Gasteiger partial charge in [-0.25, -0.2) is 13.1 Å². The number of halogens is 1. The van der Waals surface area contributed by atoms with Crippen molar-refractivity contribution in [1.29, 1.82) is 0 Å². The van der Waals surface area contributed by atoms with E-state index in [0.717, 1.165) is 0 Å². The number of sulfonamides is 1. The lowest BCUT2D eigenvalue weighted by molar-refractivity contribution is -0.141. The third kappa shape index (κ3) is 4.47. The second-order valence-electron chi connectivity index (χ2n) is 4.59. The van der Waals surface area contributed by atoms with E-state index >= 15 is 0 Å². The summed E-state index contributed by atoms with van der Waals surface area (Å²) in [6.07, 6.45) is 1.10. The lowest BCUT2D eigenvalue weighted by atomic mass is 10.1. The number of hydrogen-bond acceptors (Lipinski definition) is 3. The molecule has 5 nitrogen and oxygen atoms in total. The molecule has 0 amide bonds. The smallest absolute Gasteiger partial charge is 0.307 e. The number of carboxylic acids is 1. The summed E-state index contributed by atoms with van der Waals surface area (Å²) in [6.45, 7) is 3.38. The van der Waals surface area contributed by atoms with Crippen molar-refractivity contribution in [3.05, 3.63) is 28.8 Å². The molecule has 0 saturated heterocycles. The van der Waals surface area contributed by atoms with Crippen molar-refractivity contribution < 1.29 is 18.3 Å². The summed E-state index contributed by atoms with van der Waals surface area (Å²) < 4.78 is 26.7. The molecule has 0 fully saturated rings. The maximum atomic E-state index is 12.2. The second-order valence-corrected chi connectivity index (χ2v) is 6.76. The van der Waals surface area contributed by atoms with Gasteiger partial charge in [-0.15, -0.1) is 0 Å². The molecule has 0 radical (unpaired) electrons. The first-order valence-corrected chi connectivity index (χ1v) is 8.12. The first kappa shape index (κ1) is 16.9. The van der Waals surface area contributed by atoms with Crippen LogP contribution in [-0.4, -0.2) is 26.0 Å². The van der Waals surface area contributed by atoms with Gasteiger partial charge in [0.25, 0.3) is 0 Å². The first-order valence-electron chi connectivity index (χ1n) is 6.26. The number of benzene rings is 1. The summed E-state index contributed by atoms with van der Waals surface area (Å²) in [6, 6.07) is 4.57. The number of aryl methyl sites for hydroxylation is 1. The van der Waals surface area contributed by atoms with E-state index in [1.807, 2.05) is 6.92 Å². The Morgan fingerprint density at radius 1 is 1.45 bits per heavy atom. The van der Waals surface area contributed by atoms with Crippen LogP contribution in [0.4, 0.5) is 0 Å². The van der Waals surface area contributed by atoms with Crippen LogP contribution in [0.5, 0.6) is 0 Å². The largest absolute Gasteiger partial charge is 0.481 e. The zero-order valence-corrected chi connectivity index (χ0v) is 13.0. The fourth-order valence-corrected chi connectivity index (χ4v) is 3.40.